The van der Waals surface area contributed by atoms with Crippen LogP contribution >= 0.6 is 0 Å². The number of aliphatic hydroxyl groups is 1. The fourth-order valence-corrected chi connectivity index (χ4v) is 6.73. The molecule has 1 heterocycles. The molecule has 1 saturated carbocycles. The third kappa shape index (κ3) is 5.86. The number of ether oxygens (including phenoxy) is 5. The quantitative estimate of drug-likeness (QED) is 0.139. The molecule has 0 aromatic heterocycles. The van der Waals surface area contributed by atoms with Gasteiger partial charge in [-0.25, -0.2) is 0 Å². The Labute approximate surface area is 231 Å². The van der Waals surface area contributed by atoms with Crippen molar-refractivity contribution in [3.63, 3.8) is 0 Å². The number of aliphatic hydroxyl groups excluding tert-OH is 1. The Kier molecular flexibility index (Phi) is 9.83. The van der Waals surface area contributed by atoms with Gasteiger partial charge in [0.2, 0.25) is 12.6 Å². The Morgan fingerprint density at radius 1 is 1.13 bits per heavy atom. The summed E-state index contributed by atoms with van der Waals surface area (Å²) in [5, 5.41) is 11.1. The van der Waals surface area contributed by atoms with Gasteiger partial charge in [0.05, 0.1) is 12.2 Å². The van der Waals surface area contributed by atoms with Gasteiger partial charge in [-0.05, 0) is 49.5 Å². The SMILES string of the molecule is C=C/C(C)=C\C[C@]1(C)[C@H](C)[C@@H](OCCCC)[C@H](OC(C)=O)C23C(=C[C@H](O)C[C@H]21)[C@@H](OC(C)=O)O[C@H]3OC(C)=O. The summed E-state index contributed by atoms with van der Waals surface area (Å²) in [7, 11) is 0. The molecule has 0 radical (unpaired) electrons. The Hall–Kier alpha value is -2.49. The molecule has 0 aromatic carbocycles. The van der Waals surface area contributed by atoms with Crippen LogP contribution in [0.15, 0.2) is 36.0 Å². The van der Waals surface area contributed by atoms with Crippen LogP contribution in [0.2, 0.25) is 0 Å². The first kappa shape index (κ1) is 31.0. The van der Waals surface area contributed by atoms with Gasteiger partial charge in [-0.3, -0.25) is 19.1 Å². The minimum Gasteiger partial charge on any atom is -0.459 e. The van der Waals surface area contributed by atoms with Gasteiger partial charge in [-0.15, -0.1) is 0 Å². The number of hydrogen-bond donors (Lipinski definition) is 1. The lowest BCUT2D eigenvalue weighted by Gasteiger charge is -2.62. The van der Waals surface area contributed by atoms with Crippen LogP contribution in [-0.2, 0) is 38.1 Å². The molecule has 9 atom stereocenters. The fourth-order valence-electron chi connectivity index (χ4n) is 6.73. The maximum atomic E-state index is 12.6. The van der Waals surface area contributed by atoms with E-state index in [1.807, 2.05) is 6.92 Å². The van der Waals surface area contributed by atoms with Gasteiger partial charge in [0.25, 0.3) is 0 Å². The van der Waals surface area contributed by atoms with Crippen LogP contribution < -0.4 is 0 Å². The van der Waals surface area contributed by atoms with Crippen LogP contribution in [0.5, 0.6) is 0 Å². The minimum atomic E-state index is -1.27. The highest BCUT2D eigenvalue weighted by Crippen LogP contribution is 2.68. The first-order valence-electron chi connectivity index (χ1n) is 13.8. The number of rotatable bonds is 10. The van der Waals surface area contributed by atoms with Crippen molar-refractivity contribution in [2.45, 2.75) is 105 Å². The second-order valence-electron chi connectivity index (χ2n) is 11.3. The molecule has 218 valence electrons. The van der Waals surface area contributed by atoms with Crippen LogP contribution in [-0.4, -0.2) is 60.5 Å². The van der Waals surface area contributed by atoms with Crippen LogP contribution in [0, 0.1) is 22.7 Å². The van der Waals surface area contributed by atoms with Crippen molar-refractivity contribution in [3.05, 3.63) is 36.0 Å². The summed E-state index contributed by atoms with van der Waals surface area (Å²) in [4.78, 5) is 37.1. The average Bonchev–Trinajstić information content (AvgIpc) is 3.13. The van der Waals surface area contributed by atoms with Gasteiger partial charge in [-0.2, -0.15) is 0 Å². The second-order valence-corrected chi connectivity index (χ2v) is 11.3. The monoisotopic (exact) mass is 548 g/mol. The van der Waals surface area contributed by atoms with Gasteiger partial charge in [-0.1, -0.05) is 51.5 Å². The molecule has 1 aliphatic heterocycles. The molecule has 2 fully saturated rings. The molecule has 1 saturated heterocycles. The Balaban J connectivity index is 2.34. The molecule has 9 nitrogen and oxygen atoms in total. The van der Waals surface area contributed by atoms with Crippen molar-refractivity contribution in [2.75, 3.05) is 6.61 Å². The Bertz CT molecular complexity index is 1020. The van der Waals surface area contributed by atoms with E-state index in [9.17, 15) is 19.5 Å². The number of esters is 3. The summed E-state index contributed by atoms with van der Waals surface area (Å²) >= 11 is 0. The molecule has 9 heteroatoms. The molecule has 2 aliphatic carbocycles. The number of unbranched alkanes of at least 4 members (excludes halogenated alkanes) is 1. The Morgan fingerprint density at radius 3 is 2.33 bits per heavy atom. The highest BCUT2D eigenvalue weighted by molar-refractivity contribution is 5.68. The fraction of sp³-hybridized carbons (Fsp3) is 0.700. The number of hydrogen-bond acceptors (Lipinski definition) is 9. The van der Waals surface area contributed by atoms with E-state index in [0.717, 1.165) is 18.4 Å². The first-order chi connectivity index (χ1) is 18.3. The summed E-state index contributed by atoms with van der Waals surface area (Å²) in [6.45, 7) is 16.4. The normalized spacial score (nSPS) is 37.7. The van der Waals surface area contributed by atoms with E-state index in [-0.39, 0.29) is 5.92 Å². The van der Waals surface area contributed by atoms with Crippen molar-refractivity contribution in [3.8, 4) is 0 Å². The number of allylic oxidation sites excluding steroid dienone is 3. The number of carbonyl (C=O) groups is 3. The first-order valence-corrected chi connectivity index (χ1v) is 13.8. The van der Waals surface area contributed by atoms with Gasteiger partial charge in [0, 0.05) is 33.0 Å². The molecule has 1 unspecified atom stereocenters. The van der Waals surface area contributed by atoms with Crippen molar-refractivity contribution in [1.29, 1.82) is 0 Å². The summed E-state index contributed by atoms with van der Waals surface area (Å²) in [5.41, 5.74) is -0.409. The van der Waals surface area contributed by atoms with E-state index in [4.69, 9.17) is 23.7 Å². The second kappa shape index (κ2) is 12.4. The lowest BCUT2D eigenvalue weighted by Crippen LogP contribution is -2.69. The smallest absolute Gasteiger partial charge is 0.305 e. The summed E-state index contributed by atoms with van der Waals surface area (Å²) in [5.74, 6) is -2.30. The molecule has 3 aliphatic rings. The van der Waals surface area contributed by atoms with Crippen molar-refractivity contribution in [1.82, 2.24) is 0 Å². The third-order valence-electron chi connectivity index (χ3n) is 8.75. The molecular weight excluding hydrogens is 504 g/mol. The molecule has 0 bridgehead atoms. The summed E-state index contributed by atoms with van der Waals surface area (Å²) in [6, 6.07) is 0. The van der Waals surface area contributed by atoms with E-state index < -0.39 is 65.5 Å². The van der Waals surface area contributed by atoms with Crippen LogP contribution in [0.4, 0.5) is 0 Å². The lowest BCUT2D eigenvalue weighted by molar-refractivity contribution is -0.281. The predicted octanol–water partition coefficient (Wildman–Crippen LogP) is 4.38. The number of carbonyl (C=O) groups excluding carboxylic acids is 3. The largest absolute Gasteiger partial charge is 0.459 e. The highest BCUT2D eigenvalue weighted by atomic mass is 16.8. The summed E-state index contributed by atoms with van der Waals surface area (Å²) < 4.78 is 30.1. The maximum absolute atomic E-state index is 12.6. The lowest BCUT2D eigenvalue weighted by atomic mass is 9.44. The highest BCUT2D eigenvalue weighted by Gasteiger charge is 2.75. The molecule has 1 spiro atoms. The van der Waals surface area contributed by atoms with E-state index in [0.29, 0.717) is 25.0 Å². The van der Waals surface area contributed by atoms with Crippen LogP contribution in [0.3, 0.4) is 0 Å². The average molecular weight is 549 g/mol. The molecule has 0 amide bonds. The van der Waals surface area contributed by atoms with Crippen molar-refractivity contribution < 1.29 is 43.2 Å². The molecule has 0 aromatic rings. The zero-order valence-corrected chi connectivity index (χ0v) is 24.2. The third-order valence-corrected chi connectivity index (χ3v) is 8.75. The molecule has 3 rings (SSSR count). The molecule has 39 heavy (non-hydrogen) atoms. The van der Waals surface area contributed by atoms with Crippen molar-refractivity contribution in [2.24, 2.45) is 22.7 Å². The topological polar surface area (TPSA) is 118 Å². The van der Waals surface area contributed by atoms with E-state index >= 15 is 0 Å². The zero-order chi connectivity index (χ0) is 29.1. The Morgan fingerprint density at radius 2 is 1.77 bits per heavy atom. The van der Waals surface area contributed by atoms with Crippen LogP contribution in [0.1, 0.15) is 74.1 Å². The van der Waals surface area contributed by atoms with Crippen LogP contribution in [0.25, 0.3) is 0 Å². The van der Waals surface area contributed by atoms with E-state index in [1.54, 1.807) is 12.2 Å². The minimum absolute atomic E-state index is 0.152. The summed E-state index contributed by atoms with van der Waals surface area (Å²) in [6.07, 6.45) is 3.15. The van der Waals surface area contributed by atoms with Gasteiger partial charge in [0.1, 0.15) is 11.5 Å². The predicted molar refractivity (Wildman–Crippen MR) is 143 cm³/mol. The van der Waals surface area contributed by atoms with E-state index in [1.165, 1.54) is 20.8 Å². The van der Waals surface area contributed by atoms with Gasteiger partial charge in [0.15, 0.2) is 0 Å². The van der Waals surface area contributed by atoms with Gasteiger partial charge < -0.3 is 24.1 Å². The molecular formula is C30H44O9. The van der Waals surface area contributed by atoms with Crippen molar-refractivity contribution >= 4 is 17.9 Å². The molecule has 1 N–H and O–H groups in total. The maximum Gasteiger partial charge on any atom is 0.305 e. The standard InChI is InChI=1S/C30H44O9/c1-9-11-14-35-25-18(4)29(8,13-12-17(3)10-2)24-16-22(34)15-23-27(37-20(6)32)39-28(38-21(7)33)30(23,24)26(25)36-19(5)31/h10,12,15,18,22,24-28,34H,2,9,11,13-14,16H2,1,3-8H3/b17-12-/t18-,22+,24+,25-,26+,27+,28-,29-,30?/m1/s1. The van der Waals surface area contributed by atoms with Gasteiger partial charge >= 0.3 is 17.9 Å². The van der Waals surface area contributed by atoms with E-state index in [2.05, 4.69) is 33.4 Å². The zero-order valence-electron chi connectivity index (χ0n) is 24.2.